The fourth-order valence-corrected chi connectivity index (χ4v) is 2.79. The highest BCUT2D eigenvalue weighted by Gasteiger charge is 2.28. The second-order valence-electron chi connectivity index (χ2n) is 5.20. The Morgan fingerprint density at radius 3 is 2.76 bits per heavy atom. The summed E-state index contributed by atoms with van der Waals surface area (Å²) in [4.78, 5) is 12.1. The molecule has 0 unspecified atom stereocenters. The van der Waals surface area contributed by atoms with Gasteiger partial charge in [-0.1, -0.05) is 28.1 Å². The lowest BCUT2D eigenvalue weighted by Gasteiger charge is -2.13. The topological polar surface area (TPSA) is 57.8 Å². The van der Waals surface area contributed by atoms with Crippen LogP contribution in [0.3, 0.4) is 0 Å². The zero-order chi connectivity index (χ0) is 14.8. The molecule has 1 aliphatic carbocycles. The zero-order valence-corrected chi connectivity index (χ0v) is 12.9. The van der Waals surface area contributed by atoms with E-state index in [2.05, 4.69) is 31.4 Å². The van der Waals surface area contributed by atoms with E-state index in [9.17, 15) is 9.18 Å². The number of nitrogens with zero attached hydrogens (tertiary/aromatic N) is 1. The number of halogens is 2. The molecular weight excluding hydrogens is 337 g/mol. The Morgan fingerprint density at radius 1 is 1.33 bits per heavy atom. The number of carbonyl (C=O) groups is 1. The monoisotopic (exact) mass is 351 g/mol. The van der Waals surface area contributed by atoms with E-state index in [0.29, 0.717) is 24.2 Å². The Labute approximate surface area is 130 Å². The van der Waals surface area contributed by atoms with Crippen molar-refractivity contribution < 1.29 is 9.18 Å². The number of benzene rings is 1. The standard InChI is InChI=1S/C15H15BrFN3O/c16-10-6-4-9(5-7-10)13-8-14(20-19-13)15(21)18-12-3-1-2-11(12)17/h4-8,11-12H,1-3H2,(H,18,21)(H,19,20)/t11-,12+/m0/s1. The average Bonchev–Trinajstić information content (AvgIpc) is 3.10. The zero-order valence-electron chi connectivity index (χ0n) is 11.3. The van der Waals surface area contributed by atoms with Crippen molar-refractivity contribution in [3.63, 3.8) is 0 Å². The lowest BCUT2D eigenvalue weighted by molar-refractivity contribution is 0.0914. The Balaban J connectivity index is 1.72. The highest BCUT2D eigenvalue weighted by atomic mass is 79.9. The minimum atomic E-state index is -0.942. The Kier molecular flexibility index (Phi) is 4.05. The molecule has 1 aliphatic rings. The van der Waals surface area contributed by atoms with Gasteiger partial charge in [-0.25, -0.2) is 4.39 Å². The Morgan fingerprint density at radius 2 is 2.10 bits per heavy atom. The molecule has 2 atom stereocenters. The van der Waals surface area contributed by atoms with Crippen molar-refractivity contribution in [2.75, 3.05) is 0 Å². The fraction of sp³-hybridized carbons (Fsp3) is 0.333. The molecule has 110 valence electrons. The van der Waals surface area contributed by atoms with Crippen molar-refractivity contribution in [2.24, 2.45) is 0 Å². The highest BCUT2D eigenvalue weighted by molar-refractivity contribution is 9.10. The summed E-state index contributed by atoms with van der Waals surface area (Å²) in [5, 5.41) is 9.57. The molecule has 0 bridgehead atoms. The van der Waals surface area contributed by atoms with Crippen LogP contribution in [0, 0.1) is 0 Å². The molecule has 1 amide bonds. The molecule has 1 heterocycles. The van der Waals surface area contributed by atoms with Crippen molar-refractivity contribution in [1.82, 2.24) is 15.5 Å². The summed E-state index contributed by atoms with van der Waals surface area (Å²) >= 11 is 3.37. The van der Waals surface area contributed by atoms with Crippen LogP contribution < -0.4 is 5.32 Å². The predicted octanol–water partition coefficient (Wildman–Crippen LogP) is 3.46. The van der Waals surface area contributed by atoms with Crippen molar-refractivity contribution >= 4 is 21.8 Å². The number of hydrogen-bond acceptors (Lipinski definition) is 2. The fourth-order valence-electron chi connectivity index (χ4n) is 2.53. The molecule has 2 aromatic rings. The number of H-pyrrole nitrogens is 1. The minimum Gasteiger partial charge on any atom is -0.345 e. The normalized spacial score (nSPS) is 21.4. The first kappa shape index (κ1) is 14.3. The predicted molar refractivity (Wildman–Crippen MR) is 81.7 cm³/mol. The molecular formula is C15H15BrFN3O. The van der Waals surface area contributed by atoms with Crippen molar-refractivity contribution in [3.8, 4) is 11.3 Å². The van der Waals surface area contributed by atoms with Crippen LogP contribution in [-0.2, 0) is 0 Å². The lowest BCUT2D eigenvalue weighted by atomic mass is 10.1. The van der Waals surface area contributed by atoms with Crippen molar-refractivity contribution in [1.29, 1.82) is 0 Å². The van der Waals surface area contributed by atoms with Crippen molar-refractivity contribution in [3.05, 3.63) is 40.5 Å². The third-order valence-corrected chi connectivity index (χ3v) is 4.24. The van der Waals surface area contributed by atoms with Gasteiger partial charge in [0.25, 0.3) is 5.91 Å². The van der Waals surface area contributed by atoms with Gasteiger partial charge in [0, 0.05) is 10.0 Å². The van der Waals surface area contributed by atoms with Crippen LogP contribution in [0.25, 0.3) is 11.3 Å². The molecule has 21 heavy (non-hydrogen) atoms. The smallest absolute Gasteiger partial charge is 0.269 e. The molecule has 0 saturated heterocycles. The van der Waals surface area contributed by atoms with Crippen LogP contribution in [0.15, 0.2) is 34.8 Å². The number of aromatic nitrogens is 2. The summed E-state index contributed by atoms with van der Waals surface area (Å²) < 4.78 is 14.5. The van der Waals surface area contributed by atoms with Gasteiger partial charge in [-0.3, -0.25) is 9.89 Å². The van der Waals surface area contributed by atoms with Crippen LogP contribution in [0.1, 0.15) is 29.8 Å². The number of amides is 1. The van der Waals surface area contributed by atoms with E-state index in [-0.39, 0.29) is 11.9 Å². The van der Waals surface area contributed by atoms with Gasteiger partial charge in [-0.05, 0) is 37.5 Å². The Hall–Kier alpha value is -1.69. The summed E-state index contributed by atoms with van der Waals surface area (Å²) in [5.74, 6) is -0.305. The van der Waals surface area contributed by atoms with E-state index in [4.69, 9.17) is 0 Å². The van der Waals surface area contributed by atoms with Crippen LogP contribution in [-0.4, -0.2) is 28.3 Å². The third kappa shape index (κ3) is 3.15. The SMILES string of the molecule is O=C(N[C@@H]1CCC[C@@H]1F)c1cc(-c2ccc(Br)cc2)n[nH]1. The molecule has 4 nitrogen and oxygen atoms in total. The summed E-state index contributed by atoms with van der Waals surface area (Å²) in [6.07, 6.45) is 1.10. The van der Waals surface area contributed by atoms with Gasteiger partial charge in [0.2, 0.25) is 0 Å². The number of nitrogens with one attached hydrogen (secondary N) is 2. The number of aromatic amines is 1. The summed E-state index contributed by atoms with van der Waals surface area (Å²) in [7, 11) is 0. The van der Waals surface area contributed by atoms with Crippen LogP contribution in [0.2, 0.25) is 0 Å². The number of hydrogen-bond donors (Lipinski definition) is 2. The molecule has 0 aliphatic heterocycles. The van der Waals surface area contributed by atoms with E-state index in [1.165, 1.54) is 0 Å². The number of rotatable bonds is 3. The number of alkyl halides is 1. The van der Waals surface area contributed by atoms with Gasteiger partial charge in [0.1, 0.15) is 11.9 Å². The van der Waals surface area contributed by atoms with Gasteiger partial charge in [0.05, 0.1) is 11.7 Å². The van der Waals surface area contributed by atoms with E-state index >= 15 is 0 Å². The van der Waals surface area contributed by atoms with E-state index in [1.54, 1.807) is 6.07 Å². The van der Waals surface area contributed by atoms with E-state index < -0.39 is 6.17 Å². The second-order valence-corrected chi connectivity index (χ2v) is 6.12. The maximum Gasteiger partial charge on any atom is 0.269 e. The maximum atomic E-state index is 13.5. The van der Waals surface area contributed by atoms with Crippen LogP contribution in [0.4, 0.5) is 4.39 Å². The molecule has 1 aromatic heterocycles. The van der Waals surface area contributed by atoms with Crippen LogP contribution in [0.5, 0.6) is 0 Å². The van der Waals surface area contributed by atoms with E-state index in [1.807, 2.05) is 24.3 Å². The lowest BCUT2D eigenvalue weighted by Crippen LogP contribution is -2.38. The van der Waals surface area contributed by atoms with E-state index in [0.717, 1.165) is 16.5 Å². The quantitative estimate of drug-likeness (QED) is 0.889. The van der Waals surface area contributed by atoms with Gasteiger partial charge in [-0.2, -0.15) is 5.10 Å². The number of carbonyl (C=O) groups excluding carboxylic acids is 1. The Bertz CT molecular complexity index is 641. The van der Waals surface area contributed by atoms with Gasteiger partial charge < -0.3 is 5.32 Å². The molecule has 2 N–H and O–H groups in total. The highest BCUT2D eigenvalue weighted by Crippen LogP contribution is 2.23. The summed E-state index contributed by atoms with van der Waals surface area (Å²) in [6, 6.07) is 8.96. The molecule has 3 rings (SSSR count). The van der Waals surface area contributed by atoms with Crippen molar-refractivity contribution in [2.45, 2.75) is 31.5 Å². The van der Waals surface area contributed by atoms with Crippen LogP contribution >= 0.6 is 15.9 Å². The molecule has 1 aromatic carbocycles. The molecule has 6 heteroatoms. The largest absolute Gasteiger partial charge is 0.345 e. The molecule has 1 fully saturated rings. The minimum absolute atomic E-state index is 0.305. The molecule has 1 saturated carbocycles. The average molecular weight is 352 g/mol. The summed E-state index contributed by atoms with van der Waals surface area (Å²) in [5.41, 5.74) is 1.96. The van der Waals surface area contributed by atoms with Gasteiger partial charge in [-0.15, -0.1) is 0 Å². The van der Waals surface area contributed by atoms with Gasteiger partial charge in [0.15, 0.2) is 0 Å². The summed E-state index contributed by atoms with van der Waals surface area (Å²) in [6.45, 7) is 0. The molecule has 0 spiro atoms. The van der Waals surface area contributed by atoms with Gasteiger partial charge >= 0.3 is 0 Å². The first-order chi connectivity index (χ1) is 10.1. The first-order valence-corrected chi connectivity index (χ1v) is 7.69. The first-order valence-electron chi connectivity index (χ1n) is 6.90. The second kappa shape index (κ2) is 5.97. The maximum absolute atomic E-state index is 13.5. The third-order valence-electron chi connectivity index (χ3n) is 3.71. The molecule has 0 radical (unpaired) electrons.